The minimum absolute atomic E-state index is 0.0315. The van der Waals surface area contributed by atoms with Gasteiger partial charge in [0.2, 0.25) is 0 Å². The van der Waals surface area contributed by atoms with Gasteiger partial charge in [-0.1, -0.05) is 12.1 Å². The molecule has 0 fully saturated rings. The third kappa shape index (κ3) is 4.10. The fraction of sp³-hybridized carbons (Fsp3) is 0.0833. The van der Waals surface area contributed by atoms with Gasteiger partial charge in [0.25, 0.3) is 5.91 Å². The van der Waals surface area contributed by atoms with Crippen molar-refractivity contribution in [2.75, 3.05) is 5.32 Å². The van der Waals surface area contributed by atoms with Crippen LogP contribution in [0.15, 0.2) is 35.7 Å². The Morgan fingerprint density at radius 1 is 1.30 bits per heavy atom. The molecule has 0 aliphatic heterocycles. The number of rotatable bonds is 3. The van der Waals surface area contributed by atoms with Gasteiger partial charge in [-0.3, -0.25) is 4.79 Å². The van der Waals surface area contributed by atoms with E-state index < -0.39 is 18.0 Å². The molecule has 0 spiro atoms. The summed E-state index contributed by atoms with van der Waals surface area (Å²) in [6.07, 6.45) is -4.81. The zero-order valence-electron chi connectivity index (χ0n) is 9.70. The summed E-state index contributed by atoms with van der Waals surface area (Å²) in [4.78, 5) is 11.9. The molecule has 1 aromatic heterocycles. The molecule has 0 aliphatic carbocycles. The average molecular weight is 413 g/mol. The van der Waals surface area contributed by atoms with Gasteiger partial charge in [0.15, 0.2) is 5.75 Å². The molecule has 2 aromatic rings. The first-order valence-corrected chi connectivity index (χ1v) is 7.21. The Morgan fingerprint density at radius 3 is 2.60 bits per heavy atom. The van der Waals surface area contributed by atoms with Gasteiger partial charge in [-0.2, -0.15) is 0 Å². The second kappa shape index (κ2) is 6.00. The Bertz CT molecular complexity index is 627. The van der Waals surface area contributed by atoms with Crippen molar-refractivity contribution in [1.29, 1.82) is 0 Å². The lowest BCUT2D eigenvalue weighted by molar-refractivity contribution is -0.274. The number of nitrogens with one attached hydrogen (secondary N) is 1. The van der Waals surface area contributed by atoms with Crippen molar-refractivity contribution < 1.29 is 22.7 Å². The third-order valence-corrected chi connectivity index (χ3v) is 3.98. The Kier molecular flexibility index (Phi) is 4.53. The van der Waals surface area contributed by atoms with Gasteiger partial charge in [-0.05, 0) is 40.8 Å². The number of halogens is 4. The quantitative estimate of drug-likeness (QED) is 0.753. The number of para-hydroxylation sites is 2. The lowest BCUT2D eigenvalue weighted by Gasteiger charge is -2.13. The normalized spacial score (nSPS) is 11.2. The predicted molar refractivity (Wildman–Crippen MR) is 78.1 cm³/mol. The summed E-state index contributed by atoms with van der Waals surface area (Å²) < 4.78 is 41.5. The summed E-state index contributed by atoms with van der Waals surface area (Å²) in [6.45, 7) is 0. The minimum Gasteiger partial charge on any atom is -0.404 e. The molecule has 1 N–H and O–H groups in total. The first kappa shape index (κ1) is 15.1. The number of hydrogen-bond donors (Lipinski definition) is 1. The molecule has 0 saturated heterocycles. The first-order valence-electron chi connectivity index (χ1n) is 5.25. The second-order valence-electron chi connectivity index (χ2n) is 3.64. The van der Waals surface area contributed by atoms with Crippen LogP contribution in [0, 0.1) is 2.88 Å². The predicted octanol–water partition coefficient (Wildman–Crippen LogP) is 4.50. The number of benzene rings is 1. The van der Waals surface area contributed by atoms with E-state index in [9.17, 15) is 18.0 Å². The van der Waals surface area contributed by atoms with E-state index in [0.29, 0.717) is 5.56 Å². The number of carbonyl (C=O) groups is 1. The molecule has 8 heteroatoms. The van der Waals surface area contributed by atoms with Crippen molar-refractivity contribution in [3.05, 3.63) is 44.2 Å². The third-order valence-electron chi connectivity index (χ3n) is 2.19. The van der Waals surface area contributed by atoms with Crippen LogP contribution in [-0.4, -0.2) is 12.3 Å². The first-order chi connectivity index (χ1) is 9.35. The highest BCUT2D eigenvalue weighted by Crippen LogP contribution is 2.30. The monoisotopic (exact) mass is 413 g/mol. The van der Waals surface area contributed by atoms with Gasteiger partial charge in [0.1, 0.15) is 0 Å². The van der Waals surface area contributed by atoms with E-state index in [0.717, 1.165) is 8.95 Å². The van der Waals surface area contributed by atoms with Gasteiger partial charge in [0, 0.05) is 5.38 Å². The molecule has 0 aliphatic rings. The van der Waals surface area contributed by atoms with Crippen molar-refractivity contribution in [1.82, 2.24) is 0 Å². The average Bonchev–Trinajstić information content (AvgIpc) is 2.77. The summed E-state index contributed by atoms with van der Waals surface area (Å²) >= 11 is 3.43. The maximum Gasteiger partial charge on any atom is 0.573 e. The maximum absolute atomic E-state index is 12.3. The number of ether oxygens (including phenoxy) is 1. The Morgan fingerprint density at radius 2 is 2.00 bits per heavy atom. The zero-order valence-corrected chi connectivity index (χ0v) is 12.7. The van der Waals surface area contributed by atoms with E-state index >= 15 is 0 Å². The molecule has 1 amide bonds. The fourth-order valence-electron chi connectivity index (χ4n) is 1.41. The molecule has 0 bridgehead atoms. The number of carbonyl (C=O) groups excluding carboxylic acids is 1. The highest BCUT2D eigenvalue weighted by molar-refractivity contribution is 14.1. The second-order valence-corrected chi connectivity index (χ2v) is 6.44. The molecule has 0 unspecified atom stereocenters. The Labute approximate surface area is 129 Å². The van der Waals surface area contributed by atoms with E-state index in [1.54, 1.807) is 11.4 Å². The summed E-state index contributed by atoms with van der Waals surface area (Å²) in [5.41, 5.74) is 0.359. The van der Waals surface area contributed by atoms with Gasteiger partial charge in [0.05, 0.1) is 14.1 Å². The van der Waals surface area contributed by atoms with Crippen LogP contribution in [0.1, 0.15) is 10.4 Å². The van der Waals surface area contributed by atoms with Gasteiger partial charge in [-0.25, -0.2) is 0 Å². The number of thiophene rings is 1. The standard InChI is InChI=1S/C12H7F3INO2S/c13-12(14,15)19-9-4-2-1-3-8(9)17-11(18)7-5-10(16)20-6-7/h1-6H,(H,17,18). The Hall–Kier alpha value is -1.29. The van der Waals surface area contributed by atoms with Crippen LogP contribution in [-0.2, 0) is 0 Å². The van der Waals surface area contributed by atoms with E-state index in [4.69, 9.17) is 0 Å². The van der Waals surface area contributed by atoms with Crippen LogP contribution < -0.4 is 10.1 Å². The number of alkyl halides is 3. The summed E-state index contributed by atoms with van der Waals surface area (Å²) in [6, 6.07) is 7.03. The number of anilines is 1. The van der Waals surface area contributed by atoms with Crippen LogP contribution in [0.2, 0.25) is 0 Å². The topological polar surface area (TPSA) is 38.3 Å². The molecule has 0 saturated carbocycles. The molecule has 0 radical (unpaired) electrons. The molecular formula is C12H7F3INO2S. The highest BCUT2D eigenvalue weighted by atomic mass is 127. The summed E-state index contributed by atoms with van der Waals surface area (Å²) in [5, 5.41) is 4.03. The molecule has 1 aromatic carbocycles. The van der Waals surface area contributed by atoms with Crippen LogP contribution >= 0.6 is 33.9 Å². The minimum atomic E-state index is -4.81. The van der Waals surface area contributed by atoms with Crippen molar-refractivity contribution in [3.8, 4) is 5.75 Å². The molecule has 106 valence electrons. The van der Waals surface area contributed by atoms with Crippen LogP contribution in [0.3, 0.4) is 0 Å². The molecular weight excluding hydrogens is 406 g/mol. The van der Waals surface area contributed by atoms with Crippen molar-refractivity contribution in [2.45, 2.75) is 6.36 Å². The zero-order chi connectivity index (χ0) is 14.8. The number of amides is 1. The van der Waals surface area contributed by atoms with Crippen LogP contribution in [0.4, 0.5) is 18.9 Å². The van der Waals surface area contributed by atoms with Gasteiger partial charge < -0.3 is 10.1 Å². The van der Waals surface area contributed by atoms with Crippen molar-refractivity contribution in [3.63, 3.8) is 0 Å². The van der Waals surface area contributed by atoms with E-state index in [1.807, 2.05) is 0 Å². The lowest BCUT2D eigenvalue weighted by atomic mass is 10.2. The highest BCUT2D eigenvalue weighted by Gasteiger charge is 2.32. The molecule has 0 atom stereocenters. The molecule has 3 nitrogen and oxygen atoms in total. The SMILES string of the molecule is O=C(Nc1ccccc1OC(F)(F)F)c1csc(I)c1. The maximum atomic E-state index is 12.3. The fourth-order valence-corrected chi connectivity index (χ4v) is 2.73. The van der Waals surface area contributed by atoms with E-state index in [1.165, 1.54) is 29.5 Å². The lowest BCUT2D eigenvalue weighted by Crippen LogP contribution is -2.19. The molecule has 1 heterocycles. The van der Waals surface area contributed by atoms with Crippen molar-refractivity contribution in [2.24, 2.45) is 0 Å². The molecule has 20 heavy (non-hydrogen) atoms. The molecule has 2 rings (SSSR count). The van der Waals surface area contributed by atoms with Gasteiger partial charge in [-0.15, -0.1) is 24.5 Å². The van der Waals surface area contributed by atoms with E-state index in [-0.39, 0.29) is 5.69 Å². The summed E-state index contributed by atoms with van der Waals surface area (Å²) in [7, 11) is 0. The smallest absolute Gasteiger partial charge is 0.404 e. The number of hydrogen-bond acceptors (Lipinski definition) is 3. The van der Waals surface area contributed by atoms with Crippen LogP contribution in [0.25, 0.3) is 0 Å². The van der Waals surface area contributed by atoms with E-state index in [2.05, 4.69) is 32.6 Å². The summed E-state index contributed by atoms with van der Waals surface area (Å²) in [5.74, 6) is -0.930. The Balaban J connectivity index is 2.19. The van der Waals surface area contributed by atoms with Gasteiger partial charge >= 0.3 is 6.36 Å². The van der Waals surface area contributed by atoms with Crippen LogP contribution in [0.5, 0.6) is 5.75 Å². The largest absolute Gasteiger partial charge is 0.573 e. The van der Waals surface area contributed by atoms with Crippen molar-refractivity contribution >= 4 is 45.5 Å².